The average molecular weight is 274 g/mol. The molecule has 0 bridgehead atoms. The topological polar surface area (TPSA) is 15.3 Å². The van der Waals surface area contributed by atoms with Crippen LogP contribution in [0.15, 0.2) is 18.2 Å². The number of hydrogen-bond donors (Lipinski definition) is 1. The van der Waals surface area contributed by atoms with Gasteiger partial charge in [-0.25, -0.2) is 0 Å². The van der Waals surface area contributed by atoms with Crippen molar-refractivity contribution in [3.8, 4) is 0 Å². The highest BCUT2D eigenvalue weighted by Crippen LogP contribution is 2.42. The van der Waals surface area contributed by atoms with Crippen molar-refractivity contribution in [3.63, 3.8) is 0 Å². The lowest BCUT2D eigenvalue weighted by Crippen LogP contribution is -2.54. The maximum Gasteiger partial charge on any atom is 0.0504 e. The molecule has 1 aromatic rings. The van der Waals surface area contributed by atoms with Gasteiger partial charge in [-0.1, -0.05) is 37.5 Å². The van der Waals surface area contributed by atoms with Crippen molar-refractivity contribution >= 4 is 0 Å². The van der Waals surface area contributed by atoms with Crippen LogP contribution in [-0.2, 0) is 0 Å². The van der Waals surface area contributed by atoms with Crippen molar-refractivity contribution < 1.29 is 0 Å². The van der Waals surface area contributed by atoms with Crippen molar-refractivity contribution in [3.05, 3.63) is 34.9 Å². The molecule has 0 aromatic heterocycles. The van der Waals surface area contributed by atoms with Crippen molar-refractivity contribution in [1.29, 1.82) is 0 Å². The van der Waals surface area contributed by atoms with Crippen LogP contribution < -0.4 is 5.32 Å². The smallest absolute Gasteiger partial charge is 0.0504 e. The van der Waals surface area contributed by atoms with Crippen LogP contribution in [0.3, 0.4) is 0 Å². The molecule has 1 unspecified atom stereocenters. The first-order chi connectivity index (χ1) is 9.51. The van der Waals surface area contributed by atoms with E-state index in [9.17, 15) is 0 Å². The van der Waals surface area contributed by atoms with E-state index < -0.39 is 0 Å². The first-order valence-corrected chi connectivity index (χ1v) is 7.93. The number of benzene rings is 1. The van der Waals surface area contributed by atoms with Crippen LogP contribution in [0.1, 0.15) is 54.8 Å². The van der Waals surface area contributed by atoms with E-state index in [1.165, 1.54) is 48.8 Å². The van der Waals surface area contributed by atoms with Crippen LogP contribution >= 0.6 is 0 Å². The summed E-state index contributed by atoms with van der Waals surface area (Å²) in [6.07, 6.45) is 6.66. The molecule has 1 aliphatic carbocycles. The minimum absolute atomic E-state index is 0.259. The summed E-state index contributed by atoms with van der Waals surface area (Å²) in [7, 11) is 6.60. The van der Waals surface area contributed by atoms with Gasteiger partial charge in [-0.15, -0.1) is 0 Å². The Bertz CT molecular complexity index is 445. The van der Waals surface area contributed by atoms with E-state index in [1.54, 1.807) is 0 Å². The largest absolute Gasteiger partial charge is 0.311 e. The second kappa shape index (κ2) is 6.28. The van der Waals surface area contributed by atoms with Gasteiger partial charge >= 0.3 is 0 Å². The summed E-state index contributed by atoms with van der Waals surface area (Å²) in [6.45, 7) is 4.41. The summed E-state index contributed by atoms with van der Waals surface area (Å²) in [5, 5.41) is 3.62. The predicted octanol–water partition coefficient (Wildman–Crippen LogP) is 3.83. The highest BCUT2D eigenvalue weighted by Gasteiger charge is 2.41. The van der Waals surface area contributed by atoms with Crippen LogP contribution in [0.4, 0.5) is 0 Å². The molecule has 20 heavy (non-hydrogen) atoms. The van der Waals surface area contributed by atoms with Gasteiger partial charge in [0.05, 0.1) is 6.04 Å². The van der Waals surface area contributed by atoms with Gasteiger partial charge in [0.25, 0.3) is 0 Å². The minimum Gasteiger partial charge on any atom is -0.311 e. The number of nitrogens with one attached hydrogen (secondary N) is 1. The molecule has 2 rings (SSSR count). The van der Waals surface area contributed by atoms with E-state index in [4.69, 9.17) is 0 Å². The van der Waals surface area contributed by atoms with Crippen LogP contribution in [0.2, 0.25) is 0 Å². The lowest BCUT2D eigenvalue weighted by molar-refractivity contribution is 0.0594. The molecule has 2 heteroatoms. The Labute approximate surface area is 124 Å². The summed E-state index contributed by atoms with van der Waals surface area (Å²) >= 11 is 0. The number of rotatable bonds is 4. The lowest BCUT2D eigenvalue weighted by atomic mass is 9.73. The standard InChI is InChI=1S/C18H30N2/c1-14-9-10-16(13-15(14)2)17(19-3)18(20(4)5)11-7-6-8-12-18/h9-10,13,17,19H,6-8,11-12H2,1-5H3. The fourth-order valence-electron chi connectivity index (χ4n) is 3.85. The van der Waals surface area contributed by atoms with E-state index in [-0.39, 0.29) is 5.54 Å². The van der Waals surface area contributed by atoms with E-state index in [2.05, 4.69) is 63.4 Å². The van der Waals surface area contributed by atoms with Gasteiger partial charge in [0.1, 0.15) is 0 Å². The highest BCUT2D eigenvalue weighted by atomic mass is 15.2. The third-order valence-corrected chi connectivity index (χ3v) is 5.30. The van der Waals surface area contributed by atoms with Crippen molar-refractivity contribution in [2.24, 2.45) is 0 Å². The Morgan fingerprint density at radius 1 is 1.05 bits per heavy atom. The number of hydrogen-bond acceptors (Lipinski definition) is 2. The van der Waals surface area contributed by atoms with E-state index in [1.807, 2.05) is 0 Å². The normalized spacial score (nSPS) is 20.1. The maximum absolute atomic E-state index is 3.62. The third-order valence-electron chi connectivity index (χ3n) is 5.30. The summed E-state index contributed by atoms with van der Waals surface area (Å²) in [5.41, 5.74) is 4.47. The molecule has 1 aromatic carbocycles. The molecular weight excluding hydrogens is 244 g/mol. The maximum atomic E-state index is 3.62. The predicted molar refractivity (Wildman–Crippen MR) is 87.2 cm³/mol. The molecule has 1 saturated carbocycles. The van der Waals surface area contributed by atoms with E-state index in [0.29, 0.717) is 6.04 Å². The zero-order valence-corrected chi connectivity index (χ0v) is 13.8. The Balaban J connectivity index is 2.39. The first-order valence-electron chi connectivity index (χ1n) is 7.93. The van der Waals surface area contributed by atoms with Crippen LogP contribution in [0, 0.1) is 13.8 Å². The summed E-state index contributed by atoms with van der Waals surface area (Å²) in [4.78, 5) is 2.46. The second-order valence-corrected chi connectivity index (χ2v) is 6.62. The third kappa shape index (κ3) is 2.77. The fraction of sp³-hybridized carbons (Fsp3) is 0.667. The van der Waals surface area contributed by atoms with Crippen LogP contribution in [0.25, 0.3) is 0 Å². The fourth-order valence-corrected chi connectivity index (χ4v) is 3.85. The quantitative estimate of drug-likeness (QED) is 0.897. The zero-order valence-electron chi connectivity index (χ0n) is 13.8. The van der Waals surface area contributed by atoms with Gasteiger partial charge in [-0.2, -0.15) is 0 Å². The Hall–Kier alpha value is -0.860. The summed E-state index contributed by atoms with van der Waals surface area (Å²) in [6, 6.07) is 7.36. The van der Waals surface area contributed by atoms with Crippen molar-refractivity contribution in [2.75, 3.05) is 21.1 Å². The Kier molecular flexibility index (Phi) is 4.87. The first kappa shape index (κ1) is 15.5. The average Bonchev–Trinajstić information content (AvgIpc) is 2.44. The molecule has 1 aliphatic rings. The molecule has 1 N–H and O–H groups in total. The Morgan fingerprint density at radius 2 is 1.70 bits per heavy atom. The van der Waals surface area contributed by atoms with Crippen LogP contribution in [-0.4, -0.2) is 31.6 Å². The van der Waals surface area contributed by atoms with Gasteiger partial charge in [0, 0.05) is 5.54 Å². The molecule has 0 spiro atoms. The monoisotopic (exact) mass is 274 g/mol. The van der Waals surface area contributed by atoms with Gasteiger partial charge in [-0.05, 0) is 64.5 Å². The zero-order chi connectivity index (χ0) is 14.8. The molecule has 0 heterocycles. The highest BCUT2D eigenvalue weighted by molar-refractivity contribution is 5.33. The Morgan fingerprint density at radius 3 is 2.20 bits per heavy atom. The molecular formula is C18H30N2. The van der Waals surface area contributed by atoms with E-state index in [0.717, 1.165) is 0 Å². The van der Waals surface area contributed by atoms with Crippen LogP contribution in [0.5, 0.6) is 0 Å². The van der Waals surface area contributed by atoms with Gasteiger partial charge < -0.3 is 10.2 Å². The van der Waals surface area contributed by atoms with Gasteiger partial charge in [-0.3, -0.25) is 0 Å². The molecule has 0 amide bonds. The van der Waals surface area contributed by atoms with E-state index >= 15 is 0 Å². The van der Waals surface area contributed by atoms with Crippen molar-refractivity contribution in [2.45, 2.75) is 57.5 Å². The molecule has 1 atom stereocenters. The molecule has 0 radical (unpaired) electrons. The minimum atomic E-state index is 0.259. The van der Waals surface area contributed by atoms with Gasteiger partial charge in [0.2, 0.25) is 0 Å². The SMILES string of the molecule is CNC(c1ccc(C)c(C)c1)C1(N(C)C)CCCCC1. The second-order valence-electron chi connectivity index (χ2n) is 6.62. The molecule has 0 saturated heterocycles. The van der Waals surface area contributed by atoms with Crippen molar-refractivity contribution in [1.82, 2.24) is 10.2 Å². The molecule has 2 nitrogen and oxygen atoms in total. The molecule has 0 aliphatic heterocycles. The summed E-state index contributed by atoms with van der Waals surface area (Å²) in [5.74, 6) is 0. The van der Waals surface area contributed by atoms with Gasteiger partial charge in [0.15, 0.2) is 0 Å². The lowest BCUT2D eigenvalue weighted by Gasteiger charge is -2.48. The molecule has 112 valence electrons. The molecule has 1 fully saturated rings. The number of aryl methyl sites for hydroxylation is 2. The number of likely N-dealkylation sites (N-methyl/N-ethyl adjacent to an activating group) is 2. The summed E-state index contributed by atoms with van der Waals surface area (Å²) < 4.78 is 0. The number of nitrogens with zero attached hydrogens (tertiary/aromatic N) is 1.